The number of guanidine groups is 1. The molecular formula is C15H24FIN4O. The van der Waals surface area contributed by atoms with Crippen LogP contribution in [0, 0.1) is 5.82 Å². The van der Waals surface area contributed by atoms with Crippen LogP contribution in [0.15, 0.2) is 29.3 Å². The minimum atomic E-state index is -0.234. The standard InChI is InChI=1S/C15H23FN4O.HI/c1-3-9-18-14(21)11-20-15(17-2)19-10-8-12-4-6-13(16)7-5-12;/h4-7H,3,8-11H2,1-2H3,(H,18,21)(H2,17,19,20);1H. The smallest absolute Gasteiger partial charge is 0.239 e. The van der Waals surface area contributed by atoms with E-state index in [1.807, 2.05) is 6.92 Å². The number of nitrogens with zero attached hydrogens (tertiary/aromatic N) is 1. The molecule has 0 fully saturated rings. The zero-order valence-electron chi connectivity index (χ0n) is 13.0. The first-order valence-corrected chi connectivity index (χ1v) is 7.11. The summed E-state index contributed by atoms with van der Waals surface area (Å²) in [5.74, 6) is 0.282. The molecule has 0 bridgehead atoms. The quantitative estimate of drug-likeness (QED) is 0.356. The van der Waals surface area contributed by atoms with Gasteiger partial charge in [0.05, 0.1) is 6.54 Å². The first kappa shape index (κ1) is 20.6. The van der Waals surface area contributed by atoms with Crippen LogP contribution in [0.3, 0.4) is 0 Å². The molecule has 22 heavy (non-hydrogen) atoms. The van der Waals surface area contributed by atoms with Crippen molar-refractivity contribution < 1.29 is 9.18 Å². The van der Waals surface area contributed by atoms with E-state index in [4.69, 9.17) is 0 Å². The molecule has 0 heterocycles. The zero-order valence-corrected chi connectivity index (χ0v) is 15.3. The Morgan fingerprint density at radius 3 is 2.41 bits per heavy atom. The molecule has 0 saturated carbocycles. The van der Waals surface area contributed by atoms with Crippen LogP contribution in [-0.2, 0) is 11.2 Å². The highest BCUT2D eigenvalue weighted by atomic mass is 127. The monoisotopic (exact) mass is 422 g/mol. The lowest BCUT2D eigenvalue weighted by Gasteiger charge is -2.11. The largest absolute Gasteiger partial charge is 0.356 e. The molecule has 1 amide bonds. The average Bonchev–Trinajstić information content (AvgIpc) is 2.50. The van der Waals surface area contributed by atoms with Crippen LogP contribution in [0.1, 0.15) is 18.9 Å². The Bertz CT molecular complexity index is 465. The second-order valence-corrected chi connectivity index (χ2v) is 4.58. The number of benzene rings is 1. The van der Waals surface area contributed by atoms with Gasteiger partial charge in [0, 0.05) is 20.1 Å². The van der Waals surface area contributed by atoms with Gasteiger partial charge in [-0.15, -0.1) is 24.0 Å². The van der Waals surface area contributed by atoms with Gasteiger partial charge in [0.15, 0.2) is 5.96 Å². The van der Waals surface area contributed by atoms with Crippen LogP contribution < -0.4 is 16.0 Å². The maximum atomic E-state index is 12.8. The molecule has 0 saturated heterocycles. The predicted molar refractivity (Wildman–Crippen MR) is 98.2 cm³/mol. The van der Waals surface area contributed by atoms with Gasteiger partial charge in [-0.3, -0.25) is 9.79 Å². The van der Waals surface area contributed by atoms with E-state index in [-0.39, 0.29) is 42.2 Å². The second kappa shape index (κ2) is 12.2. The van der Waals surface area contributed by atoms with Gasteiger partial charge in [0.25, 0.3) is 0 Å². The predicted octanol–water partition coefficient (Wildman–Crippen LogP) is 1.68. The third-order valence-corrected chi connectivity index (χ3v) is 2.83. The summed E-state index contributed by atoms with van der Waals surface area (Å²) in [6.45, 7) is 3.53. The lowest BCUT2D eigenvalue weighted by Crippen LogP contribution is -2.43. The number of hydrogen-bond donors (Lipinski definition) is 3. The number of halogens is 2. The number of nitrogens with one attached hydrogen (secondary N) is 3. The molecule has 0 aliphatic rings. The summed E-state index contributed by atoms with van der Waals surface area (Å²) < 4.78 is 12.8. The Morgan fingerprint density at radius 1 is 1.14 bits per heavy atom. The van der Waals surface area contributed by atoms with Crippen LogP contribution in [0.25, 0.3) is 0 Å². The average molecular weight is 422 g/mol. The highest BCUT2D eigenvalue weighted by molar-refractivity contribution is 14.0. The van der Waals surface area contributed by atoms with E-state index >= 15 is 0 Å². The molecule has 0 aliphatic heterocycles. The van der Waals surface area contributed by atoms with E-state index in [1.54, 1.807) is 19.2 Å². The Balaban J connectivity index is 0.00000441. The van der Waals surface area contributed by atoms with Crippen molar-refractivity contribution in [3.63, 3.8) is 0 Å². The van der Waals surface area contributed by atoms with Gasteiger partial charge in [-0.1, -0.05) is 19.1 Å². The van der Waals surface area contributed by atoms with Gasteiger partial charge in [-0.2, -0.15) is 0 Å². The molecule has 0 atom stereocenters. The molecule has 7 heteroatoms. The summed E-state index contributed by atoms with van der Waals surface area (Å²) in [5, 5.41) is 8.83. The van der Waals surface area contributed by atoms with Crippen LogP contribution in [0.4, 0.5) is 4.39 Å². The molecule has 0 radical (unpaired) electrons. The van der Waals surface area contributed by atoms with Crippen LogP contribution in [0.5, 0.6) is 0 Å². The first-order valence-electron chi connectivity index (χ1n) is 7.11. The Morgan fingerprint density at radius 2 is 1.82 bits per heavy atom. The van der Waals surface area contributed by atoms with Gasteiger partial charge >= 0.3 is 0 Å². The second-order valence-electron chi connectivity index (χ2n) is 4.58. The summed E-state index contributed by atoms with van der Waals surface area (Å²) in [4.78, 5) is 15.5. The third-order valence-electron chi connectivity index (χ3n) is 2.83. The van der Waals surface area contributed by atoms with Crippen molar-refractivity contribution in [3.05, 3.63) is 35.6 Å². The first-order chi connectivity index (χ1) is 10.2. The number of hydrogen-bond acceptors (Lipinski definition) is 2. The summed E-state index contributed by atoms with van der Waals surface area (Å²) >= 11 is 0. The topological polar surface area (TPSA) is 65.5 Å². The van der Waals surface area contributed by atoms with E-state index in [9.17, 15) is 9.18 Å². The molecule has 1 aromatic rings. The highest BCUT2D eigenvalue weighted by Crippen LogP contribution is 2.02. The number of carbonyl (C=O) groups is 1. The normalized spacial score (nSPS) is 10.6. The summed E-state index contributed by atoms with van der Waals surface area (Å²) in [6.07, 6.45) is 1.67. The Kier molecular flexibility index (Phi) is 11.4. The molecule has 1 aromatic carbocycles. The van der Waals surface area contributed by atoms with Crippen molar-refractivity contribution >= 4 is 35.8 Å². The van der Waals surface area contributed by atoms with Crippen LogP contribution in [0.2, 0.25) is 0 Å². The summed E-state index contributed by atoms with van der Waals surface area (Å²) in [7, 11) is 1.65. The van der Waals surface area contributed by atoms with Gasteiger partial charge in [-0.05, 0) is 30.5 Å². The maximum Gasteiger partial charge on any atom is 0.239 e. The van der Waals surface area contributed by atoms with Crippen molar-refractivity contribution in [1.29, 1.82) is 0 Å². The Hall–Kier alpha value is -1.38. The van der Waals surface area contributed by atoms with Crippen LogP contribution in [-0.4, -0.2) is 38.5 Å². The lowest BCUT2D eigenvalue weighted by atomic mass is 10.1. The molecule has 1 rings (SSSR count). The molecule has 0 unspecified atom stereocenters. The van der Waals surface area contributed by atoms with Crippen molar-refractivity contribution in [2.24, 2.45) is 4.99 Å². The van der Waals surface area contributed by atoms with Gasteiger partial charge in [0.2, 0.25) is 5.91 Å². The fourth-order valence-corrected chi connectivity index (χ4v) is 1.69. The minimum Gasteiger partial charge on any atom is -0.356 e. The third kappa shape index (κ3) is 8.81. The van der Waals surface area contributed by atoms with Crippen molar-refractivity contribution in [1.82, 2.24) is 16.0 Å². The summed E-state index contributed by atoms with van der Waals surface area (Å²) in [5.41, 5.74) is 1.04. The molecule has 5 nitrogen and oxygen atoms in total. The molecule has 0 aliphatic carbocycles. The van der Waals surface area contributed by atoms with Crippen LogP contribution >= 0.6 is 24.0 Å². The summed E-state index contributed by atoms with van der Waals surface area (Å²) in [6, 6.07) is 6.40. The van der Waals surface area contributed by atoms with E-state index in [0.29, 0.717) is 19.0 Å². The number of rotatable bonds is 7. The van der Waals surface area contributed by atoms with E-state index < -0.39 is 0 Å². The number of carbonyl (C=O) groups excluding carboxylic acids is 1. The van der Waals surface area contributed by atoms with Crippen molar-refractivity contribution in [3.8, 4) is 0 Å². The van der Waals surface area contributed by atoms with E-state index in [2.05, 4.69) is 20.9 Å². The van der Waals surface area contributed by atoms with Crippen molar-refractivity contribution in [2.75, 3.05) is 26.7 Å². The maximum absolute atomic E-state index is 12.8. The molecule has 124 valence electrons. The van der Waals surface area contributed by atoms with E-state index in [1.165, 1.54) is 12.1 Å². The number of amides is 1. The molecular weight excluding hydrogens is 398 g/mol. The van der Waals surface area contributed by atoms with E-state index in [0.717, 1.165) is 18.4 Å². The van der Waals surface area contributed by atoms with Gasteiger partial charge in [-0.25, -0.2) is 4.39 Å². The number of aliphatic imine (C=N–C) groups is 1. The zero-order chi connectivity index (χ0) is 15.5. The fraction of sp³-hybridized carbons (Fsp3) is 0.467. The Labute approximate surface area is 148 Å². The minimum absolute atomic E-state index is 0. The molecule has 0 spiro atoms. The van der Waals surface area contributed by atoms with Gasteiger partial charge in [0.1, 0.15) is 5.82 Å². The molecule has 0 aromatic heterocycles. The van der Waals surface area contributed by atoms with Gasteiger partial charge < -0.3 is 16.0 Å². The molecule has 3 N–H and O–H groups in total. The van der Waals surface area contributed by atoms with Crippen molar-refractivity contribution in [2.45, 2.75) is 19.8 Å². The fourth-order valence-electron chi connectivity index (χ4n) is 1.69. The highest BCUT2D eigenvalue weighted by Gasteiger charge is 2.02. The lowest BCUT2D eigenvalue weighted by molar-refractivity contribution is -0.120. The SMILES string of the molecule is CCCNC(=O)CNC(=NC)NCCc1ccc(F)cc1.I.